The van der Waals surface area contributed by atoms with E-state index in [0.717, 1.165) is 5.56 Å². The maximum absolute atomic E-state index is 12.2. The van der Waals surface area contributed by atoms with Crippen LogP contribution in [0, 0.1) is 0 Å². The van der Waals surface area contributed by atoms with Crippen molar-refractivity contribution in [2.24, 2.45) is 0 Å². The standard InChI is InChI=1S/C24H23N3O5S/c1-30-20-11-5-16(14-21(20)31-2)6-12-22(28)27-24(33)26-18-9-7-17(8-10-18)23(29)25-15-19-4-3-13-32-19/h3-14H,15H2,1-2H3,(H,25,29)(H2,26,27,28,33)/b12-6+. The molecule has 8 nitrogen and oxygen atoms in total. The molecule has 33 heavy (non-hydrogen) atoms. The van der Waals surface area contributed by atoms with Crippen LogP contribution in [-0.2, 0) is 11.3 Å². The lowest BCUT2D eigenvalue weighted by molar-refractivity contribution is -0.115. The van der Waals surface area contributed by atoms with Gasteiger partial charge in [-0.05, 0) is 72.4 Å². The molecule has 3 aromatic rings. The van der Waals surface area contributed by atoms with Gasteiger partial charge in [-0.15, -0.1) is 0 Å². The number of benzene rings is 2. The van der Waals surface area contributed by atoms with Crippen LogP contribution in [0.2, 0.25) is 0 Å². The fourth-order valence-electron chi connectivity index (χ4n) is 2.83. The van der Waals surface area contributed by atoms with E-state index >= 15 is 0 Å². The molecule has 0 aliphatic rings. The highest BCUT2D eigenvalue weighted by Crippen LogP contribution is 2.27. The molecule has 0 aliphatic carbocycles. The zero-order chi connectivity index (χ0) is 23.6. The number of carbonyl (C=O) groups is 2. The number of anilines is 1. The van der Waals surface area contributed by atoms with Crippen molar-refractivity contribution >= 4 is 40.9 Å². The maximum Gasteiger partial charge on any atom is 0.251 e. The van der Waals surface area contributed by atoms with Crippen molar-refractivity contribution < 1.29 is 23.5 Å². The summed E-state index contributed by atoms with van der Waals surface area (Å²) in [5, 5.41) is 8.38. The number of carbonyl (C=O) groups excluding carboxylic acids is 2. The van der Waals surface area contributed by atoms with Gasteiger partial charge in [0.05, 0.1) is 27.0 Å². The molecule has 3 rings (SSSR count). The lowest BCUT2D eigenvalue weighted by Crippen LogP contribution is -2.32. The molecule has 0 saturated heterocycles. The van der Waals surface area contributed by atoms with Crippen molar-refractivity contribution in [3.8, 4) is 11.5 Å². The number of amides is 2. The lowest BCUT2D eigenvalue weighted by atomic mass is 10.2. The van der Waals surface area contributed by atoms with Crippen LogP contribution in [0.15, 0.2) is 71.4 Å². The molecule has 0 radical (unpaired) electrons. The van der Waals surface area contributed by atoms with E-state index in [1.807, 2.05) is 0 Å². The summed E-state index contributed by atoms with van der Waals surface area (Å²) >= 11 is 5.18. The third-order valence-electron chi connectivity index (χ3n) is 4.48. The molecule has 2 aromatic carbocycles. The summed E-state index contributed by atoms with van der Waals surface area (Å²) in [5.41, 5.74) is 1.88. The molecular weight excluding hydrogens is 442 g/mol. The summed E-state index contributed by atoms with van der Waals surface area (Å²) < 4.78 is 15.6. The zero-order valence-corrected chi connectivity index (χ0v) is 18.9. The van der Waals surface area contributed by atoms with Gasteiger partial charge in [0.15, 0.2) is 16.6 Å². The van der Waals surface area contributed by atoms with E-state index < -0.39 is 5.91 Å². The Balaban J connectivity index is 1.49. The molecule has 0 saturated carbocycles. The summed E-state index contributed by atoms with van der Waals surface area (Å²) in [6.45, 7) is 0.304. The number of furan rings is 1. The number of nitrogens with one attached hydrogen (secondary N) is 3. The summed E-state index contributed by atoms with van der Waals surface area (Å²) in [6.07, 6.45) is 4.55. The maximum atomic E-state index is 12.2. The average molecular weight is 466 g/mol. The van der Waals surface area contributed by atoms with Crippen LogP contribution in [-0.4, -0.2) is 31.1 Å². The number of methoxy groups -OCH3 is 2. The second kappa shape index (κ2) is 11.5. The van der Waals surface area contributed by atoms with Gasteiger partial charge < -0.3 is 24.5 Å². The Kier molecular flexibility index (Phi) is 8.20. The van der Waals surface area contributed by atoms with Crippen molar-refractivity contribution in [3.05, 3.63) is 83.8 Å². The molecule has 9 heteroatoms. The van der Waals surface area contributed by atoms with E-state index in [-0.39, 0.29) is 11.0 Å². The number of rotatable bonds is 8. The van der Waals surface area contributed by atoms with Crippen molar-refractivity contribution in [1.29, 1.82) is 0 Å². The second-order valence-electron chi connectivity index (χ2n) is 6.73. The Hall–Kier alpha value is -4.11. The first-order chi connectivity index (χ1) is 16.0. The SMILES string of the molecule is COc1ccc(/C=C/C(=O)NC(=S)Nc2ccc(C(=O)NCc3ccco3)cc2)cc1OC. The van der Waals surface area contributed by atoms with Crippen molar-refractivity contribution in [2.75, 3.05) is 19.5 Å². The second-order valence-corrected chi connectivity index (χ2v) is 7.14. The monoisotopic (exact) mass is 465 g/mol. The molecule has 0 aliphatic heterocycles. The van der Waals surface area contributed by atoms with Crippen molar-refractivity contribution in [1.82, 2.24) is 10.6 Å². The topological polar surface area (TPSA) is 102 Å². The molecule has 0 fully saturated rings. The quantitative estimate of drug-likeness (QED) is 0.344. The highest BCUT2D eigenvalue weighted by atomic mass is 32.1. The van der Waals surface area contributed by atoms with Gasteiger partial charge >= 0.3 is 0 Å². The predicted molar refractivity (Wildman–Crippen MR) is 129 cm³/mol. The molecule has 3 N–H and O–H groups in total. The van der Waals surface area contributed by atoms with Crippen LogP contribution < -0.4 is 25.4 Å². The minimum absolute atomic E-state index is 0.131. The normalized spacial score (nSPS) is 10.5. The first-order valence-electron chi connectivity index (χ1n) is 9.91. The summed E-state index contributed by atoms with van der Waals surface area (Å²) in [4.78, 5) is 24.4. The van der Waals surface area contributed by atoms with Gasteiger partial charge in [0.2, 0.25) is 5.91 Å². The first kappa shape index (κ1) is 23.6. The third-order valence-corrected chi connectivity index (χ3v) is 4.68. The number of hydrogen-bond donors (Lipinski definition) is 3. The largest absolute Gasteiger partial charge is 0.493 e. The number of hydrogen-bond acceptors (Lipinski definition) is 6. The van der Waals surface area contributed by atoms with Crippen molar-refractivity contribution in [3.63, 3.8) is 0 Å². The van der Waals surface area contributed by atoms with E-state index in [4.69, 9.17) is 26.1 Å². The first-order valence-corrected chi connectivity index (χ1v) is 10.3. The van der Waals surface area contributed by atoms with E-state index in [9.17, 15) is 9.59 Å². The fourth-order valence-corrected chi connectivity index (χ4v) is 3.05. The predicted octanol–water partition coefficient (Wildman–Crippen LogP) is 3.75. The van der Waals surface area contributed by atoms with Crippen LogP contribution in [0.1, 0.15) is 21.7 Å². The zero-order valence-electron chi connectivity index (χ0n) is 18.1. The van der Waals surface area contributed by atoms with E-state index in [2.05, 4.69) is 16.0 Å². The van der Waals surface area contributed by atoms with Crippen LogP contribution >= 0.6 is 12.2 Å². The van der Waals surface area contributed by atoms with Crippen molar-refractivity contribution in [2.45, 2.75) is 6.54 Å². The fraction of sp³-hybridized carbons (Fsp3) is 0.125. The molecule has 2 amide bonds. The highest BCUT2D eigenvalue weighted by molar-refractivity contribution is 7.80. The molecule has 0 unspecified atom stereocenters. The van der Waals surface area contributed by atoms with E-state index in [1.165, 1.54) is 6.08 Å². The summed E-state index contributed by atoms with van der Waals surface area (Å²) in [6, 6.07) is 15.5. The average Bonchev–Trinajstić information content (AvgIpc) is 3.35. The lowest BCUT2D eigenvalue weighted by Gasteiger charge is -2.09. The molecule has 170 valence electrons. The Morgan fingerprint density at radius 3 is 2.45 bits per heavy atom. The van der Waals surface area contributed by atoms with Crippen LogP contribution in [0.3, 0.4) is 0 Å². The molecule has 1 aromatic heterocycles. The van der Waals surface area contributed by atoms with Gasteiger partial charge in [-0.25, -0.2) is 0 Å². The van der Waals surface area contributed by atoms with Crippen LogP contribution in [0.4, 0.5) is 5.69 Å². The van der Waals surface area contributed by atoms with Gasteiger partial charge in [-0.2, -0.15) is 0 Å². The van der Waals surface area contributed by atoms with E-state index in [1.54, 1.807) is 81.2 Å². The molecule has 0 spiro atoms. The van der Waals surface area contributed by atoms with Gasteiger partial charge in [0.1, 0.15) is 5.76 Å². The summed E-state index contributed by atoms with van der Waals surface area (Å²) in [5.74, 6) is 1.22. The van der Waals surface area contributed by atoms with E-state index in [0.29, 0.717) is 35.1 Å². The van der Waals surface area contributed by atoms with Gasteiger partial charge in [-0.3, -0.25) is 14.9 Å². The Bertz CT molecular complexity index is 1140. The summed E-state index contributed by atoms with van der Waals surface area (Å²) in [7, 11) is 3.10. The van der Waals surface area contributed by atoms with Gasteiger partial charge in [0, 0.05) is 17.3 Å². The minimum atomic E-state index is -0.392. The molecule has 0 atom stereocenters. The molecular formula is C24H23N3O5S. The Morgan fingerprint density at radius 1 is 1.03 bits per heavy atom. The number of thiocarbonyl (C=S) groups is 1. The Labute approximate surface area is 196 Å². The van der Waals surface area contributed by atoms with Crippen LogP contribution in [0.25, 0.3) is 6.08 Å². The van der Waals surface area contributed by atoms with Gasteiger partial charge in [-0.1, -0.05) is 6.07 Å². The minimum Gasteiger partial charge on any atom is -0.493 e. The smallest absolute Gasteiger partial charge is 0.251 e. The highest BCUT2D eigenvalue weighted by Gasteiger charge is 2.08. The Morgan fingerprint density at radius 2 is 1.79 bits per heavy atom. The van der Waals surface area contributed by atoms with Gasteiger partial charge in [0.25, 0.3) is 5.91 Å². The molecule has 1 heterocycles. The van der Waals surface area contributed by atoms with Crippen LogP contribution in [0.5, 0.6) is 11.5 Å². The number of ether oxygens (including phenoxy) is 2. The third kappa shape index (κ3) is 6.94. The molecule has 0 bridgehead atoms.